The fraction of sp³-hybridized carbons (Fsp3) is 0.389. The standard InChI is InChI=1S/C18H21NOS/c1-18(2,14-19)11-5-6-12-21(20)17-10-9-15-7-3-4-8-16(15)13-17/h3-4,7-10,13H,5-6,11-12H2,1-2H3. The van der Waals surface area contributed by atoms with Crippen molar-refractivity contribution < 1.29 is 4.21 Å². The summed E-state index contributed by atoms with van der Waals surface area (Å²) in [5.74, 6) is 0.667. The molecule has 2 aromatic carbocycles. The molecule has 0 aliphatic carbocycles. The van der Waals surface area contributed by atoms with Crippen LogP contribution in [0.5, 0.6) is 0 Å². The molecule has 2 aromatic rings. The lowest BCUT2D eigenvalue weighted by atomic mass is 9.89. The molecule has 21 heavy (non-hydrogen) atoms. The van der Waals surface area contributed by atoms with Gasteiger partial charge in [-0.05, 0) is 49.6 Å². The first-order valence-corrected chi connectivity index (χ1v) is 8.62. The lowest BCUT2D eigenvalue weighted by Gasteiger charge is -2.14. The van der Waals surface area contributed by atoms with Gasteiger partial charge in [0.25, 0.3) is 0 Å². The second kappa shape index (κ2) is 6.87. The highest BCUT2D eigenvalue weighted by Crippen LogP contribution is 2.23. The maximum atomic E-state index is 12.3. The Kier molecular flexibility index (Phi) is 5.14. The molecule has 0 heterocycles. The van der Waals surface area contributed by atoms with Crippen LogP contribution < -0.4 is 0 Å². The lowest BCUT2D eigenvalue weighted by Crippen LogP contribution is -2.08. The van der Waals surface area contributed by atoms with Crippen LogP contribution in [-0.4, -0.2) is 9.96 Å². The van der Waals surface area contributed by atoms with E-state index in [1.54, 1.807) is 0 Å². The highest BCUT2D eigenvalue weighted by Gasteiger charge is 2.15. The maximum absolute atomic E-state index is 12.3. The van der Waals surface area contributed by atoms with Crippen molar-refractivity contribution in [1.82, 2.24) is 0 Å². The van der Waals surface area contributed by atoms with Gasteiger partial charge in [-0.2, -0.15) is 5.26 Å². The van der Waals surface area contributed by atoms with Crippen LogP contribution >= 0.6 is 0 Å². The number of rotatable bonds is 6. The molecule has 0 spiro atoms. The zero-order chi connectivity index (χ0) is 15.3. The van der Waals surface area contributed by atoms with Gasteiger partial charge in [0.2, 0.25) is 0 Å². The quantitative estimate of drug-likeness (QED) is 0.727. The maximum Gasteiger partial charge on any atom is 0.0683 e. The van der Waals surface area contributed by atoms with E-state index in [0.717, 1.165) is 29.5 Å². The molecule has 0 aromatic heterocycles. The zero-order valence-corrected chi connectivity index (χ0v) is 13.5. The van der Waals surface area contributed by atoms with Crippen LogP contribution in [0.3, 0.4) is 0 Å². The summed E-state index contributed by atoms with van der Waals surface area (Å²) in [5.41, 5.74) is -0.273. The largest absolute Gasteiger partial charge is 0.254 e. The van der Waals surface area contributed by atoms with Gasteiger partial charge in [-0.25, -0.2) is 0 Å². The zero-order valence-electron chi connectivity index (χ0n) is 12.6. The van der Waals surface area contributed by atoms with Crippen LogP contribution in [0.1, 0.15) is 33.1 Å². The van der Waals surface area contributed by atoms with Gasteiger partial charge in [-0.1, -0.05) is 36.8 Å². The van der Waals surface area contributed by atoms with Crippen LogP contribution in [0.2, 0.25) is 0 Å². The Labute approximate surface area is 129 Å². The van der Waals surface area contributed by atoms with Crippen molar-refractivity contribution in [3.8, 4) is 6.07 Å². The molecule has 2 rings (SSSR count). The number of nitrogens with zero attached hydrogens (tertiary/aromatic N) is 1. The summed E-state index contributed by atoms with van der Waals surface area (Å²) in [7, 11) is -0.953. The molecule has 1 unspecified atom stereocenters. The molecule has 0 aliphatic heterocycles. The molecule has 0 saturated heterocycles. The van der Waals surface area contributed by atoms with E-state index in [0.29, 0.717) is 5.75 Å². The van der Waals surface area contributed by atoms with E-state index < -0.39 is 10.8 Å². The first kappa shape index (κ1) is 15.7. The first-order chi connectivity index (χ1) is 10.0. The van der Waals surface area contributed by atoms with E-state index in [4.69, 9.17) is 5.26 Å². The van der Waals surface area contributed by atoms with E-state index in [1.807, 2.05) is 50.2 Å². The highest BCUT2D eigenvalue weighted by atomic mass is 32.2. The van der Waals surface area contributed by atoms with Crippen molar-refractivity contribution in [1.29, 1.82) is 5.26 Å². The highest BCUT2D eigenvalue weighted by molar-refractivity contribution is 7.85. The van der Waals surface area contributed by atoms with Crippen LogP contribution in [0.25, 0.3) is 10.8 Å². The summed E-state index contributed by atoms with van der Waals surface area (Å²) in [6, 6.07) is 16.4. The van der Waals surface area contributed by atoms with Gasteiger partial charge in [-0.3, -0.25) is 4.21 Å². The van der Waals surface area contributed by atoms with Crippen molar-refractivity contribution >= 4 is 21.6 Å². The van der Waals surface area contributed by atoms with Gasteiger partial charge in [-0.15, -0.1) is 0 Å². The Morgan fingerprint density at radius 2 is 1.81 bits per heavy atom. The Morgan fingerprint density at radius 3 is 2.52 bits per heavy atom. The number of benzene rings is 2. The van der Waals surface area contributed by atoms with E-state index in [-0.39, 0.29) is 5.41 Å². The molecule has 1 atom stereocenters. The van der Waals surface area contributed by atoms with Crippen molar-refractivity contribution in [3.63, 3.8) is 0 Å². The molecule has 0 saturated carbocycles. The van der Waals surface area contributed by atoms with Gasteiger partial charge in [0.05, 0.1) is 22.3 Å². The Hall–Kier alpha value is -1.66. The normalized spacial score (nSPS) is 13.0. The van der Waals surface area contributed by atoms with Gasteiger partial charge in [0.1, 0.15) is 0 Å². The van der Waals surface area contributed by atoms with Crippen molar-refractivity contribution in [2.24, 2.45) is 5.41 Å². The third-order valence-electron chi connectivity index (χ3n) is 3.67. The van der Waals surface area contributed by atoms with Gasteiger partial charge in [0, 0.05) is 10.6 Å². The summed E-state index contributed by atoms with van der Waals surface area (Å²) in [6.07, 6.45) is 2.70. The SMILES string of the molecule is CC(C)(C#N)CCCCS(=O)c1ccc2ccccc2c1. The fourth-order valence-corrected chi connectivity index (χ4v) is 3.46. The predicted molar refractivity (Wildman–Crippen MR) is 88.5 cm³/mol. The van der Waals surface area contributed by atoms with E-state index in [9.17, 15) is 4.21 Å². The van der Waals surface area contributed by atoms with Crippen LogP contribution in [-0.2, 0) is 10.8 Å². The summed E-state index contributed by atoms with van der Waals surface area (Å²) < 4.78 is 12.3. The van der Waals surface area contributed by atoms with Crippen LogP contribution in [0, 0.1) is 16.7 Å². The minimum Gasteiger partial charge on any atom is -0.254 e. The average Bonchev–Trinajstić information content (AvgIpc) is 2.51. The Morgan fingerprint density at radius 1 is 1.10 bits per heavy atom. The summed E-state index contributed by atoms with van der Waals surface area (Å²) in [4.78, 5) is 0.897. The monoisotopic (exact) mass is 299 g/mol. The third-order valence-corrected chi connectivity index (χ3v) is 5.11. The number of unbranched alkanes of at least 4 members (excludes halogenated alkanes) is 1. The van der Waals surface area contributed by atoms with Crippen molar-refractivity contribution in [2.45, 2.75) is 38.0 Å². The van der Waals surface area contributed by atoms with E-state index in [1.165, 1.54) is 5.39 Å². The second-order valence-electron chi connectivity index (χ2n) is 6.01. The second-order valence-corrected chi connectivity index (χ2v) is 7.58. The fourth-order valence-electron chi connectivity index (χ4n) is 2.28. The molecule has 0 aliphatic rings. The molecule has 0 amide bonds. The minimum absolute atomic E-state index is 0.273. The number of nitriles is 1. The molecule has 110 valence electrons. The molecule has 0 fully saturated rings. The first-order valence-electron chi connectivity index (χ1n) is 7.30. The minimum atomic E-state index is -0.953. The molecule has 3 heteroatoms. The third kappa shape index (κ3) is 4.41. The van der Waals surface area contributed by atoms with Gasteiger partial charge >= 0.3 is 0 Å². The van der Waals surface area contributed by atoms with Gasteiger partial charge < -0.3 is 0 Å². The van der Waals surface area contributed by atoms with E-state index in [2.05, 4.69) is 12.1 Å². The Bertz CT molecular complexity index is 685. The summed E-state index contributed by atoms with van der Waals surface area (Å²) in [6.45, 7) is 3.90. The summed E-state index contributed by atoms with van der Waals surface area (Å²) in [5, 5.41) is 11.3. The summed E-state index contributed by atoms with van der Waals surface area (Å²) >= 11 is 0. The van der Waals surface area contributed by atoms with Crippen LogP contribution in [0.4, 0.5) is 0 Å². The van der Waals surface area contributed by atoms with Crippen LogP contribution in [0.15, 0.2) is 47.4 Å². The average molecular weight is 299 g/mol. The molecule has 0 bridgehead atoms. The van der Waals surface area contributed by atoms with Crippen molar-refractivity contribution in [3.05, 3.63) is 42.5 Å². The number of hydrogen-bond donors (Lipinski definition) is 0. The Balaban J connectivity index is 1.92. The topological polar surface area (TPSA) is 40.9 Å². The van der Waals surface area contributed by atoms with Gasteiger partial charge in [0.15, 0.2) is 0 Å². The molecule has 0 N–H and O–H groups in total. The van der Waals surface area contributed by atoms with E-state index >= 15 is 0 Å². The molecule has 0 radical (unpaired) electrons. The number of hydrogen-bond acceptors (Lipinski definition) is 2. The predicted octanol–water partition coefficient (Wildman–Crippen LogP) is 4.67. The molecule has 2 nitrogen and oxygen atoms in total. The van der Waals surface area contributed by atoms with Crippen molar-refractivity contribution in [2.75, 3.05) is 5.75 Å². The number of fused-ring (bicyclic) bond motifs is 1. The lowest BCUT2D eigenvalue weighted by molar-refractivity contribution is 0.432. The smallest absolute Gasteiger partial charge is 0.0683 e. The molecular weight excluding hydrogens is 278 g/mol. The molecular formula is C18H21NOS.